The predicted molar refractivity (Wildman–Crippen MR) is 113 cm³/mol. The fraction of sp³-hybridized carbons (Fsp3) is 0.400. The van der Waals surface area contributed by atoms with Crippen molar-refractivity contribution in [2.75, 3.05) is 11.9 Å². The fourth-order valence-corrected chi connectivity index (χ4v) is 3.16. The lowest BCUT2D eigenvalue weighted by Gasteiger charge is -2.29. The van der Waals surface area contributed by atoms with Crippen molar-refractivity contribution in [3.63, 3.8) is 0 Å². The molecular formula is C20H20BrClN4O3. The number of pyridine rings is 1. The molecule has 0 saturated carbocycles. The van der Waals surface area contributed by atoms with Crippen LogP contribution >= 0.6 is 27.5 Å². The topological polar surface area (TPSA) is 86.2 Å². The largest absolute Gasteiger partial charge is 0.353 e. The second-order valence-corrected chi connectivity index (χ2v) is 8.18. The highest BCUT2D eigenvalue weighted by molar-refractivity contribution is 9.10. The summed E-state index contributed by atoms with van der Waals surface area (Å²) in [5.74, 6) is 5.90. The summed E-state index contributed by atoms with van der Waals surface area (Å²) >= 11 is 9.27. The second kappa shape index (κ2) is 9.63. The monoisotopic (exact) mass is 478 g/mol. The molecule has 0 aromatic carbocycles. The molecule has 3 heterocycles. The number of nitrogens with zero attached hydrogens (tertiary/aromatic N) is 3. The summed E-state index contributed by atoms with van der Waals surface area (Å²) < 4.78 is 12.2. The molecule has 1 atom stereocenters. The second-order valence-electron chi connectivity index (χ2n) is 6.91. The summed E-state index contributed by atoms with van der Waals surface area (Å²) in [5, 5.41) is 2.78. The minimum absolute atomic E-state index is 0.101. The average molecular weight is 480 g/mol. The summed E-state index contributed by atoms with van der Waals surface area (Å²) in [6, 6.07) is 3.16. The Labute approximate surface area is 182 Å². The number of rotatable bonds is 4. The molecule has 0 bridgehead atoms. The van der Waals surface area contributed by atoms with Gasteiger partial charge in [0.1, 0.15) is 28.6 Å². The number of hydrogen-bond donors (Lipinski definition) is 1. The maximum atomic E-state index is 12.5. The number of amides is 1. The van der Waals surface area contributed by atoms with Crippen LogP contribution in [0.1, 0.15) is 49.2 Å². The molecule has 2 aromatic heterocycles. The average Bonchev–Trinajstić information content (AvgIpc) is 2.69. The summed E-state index contributed by atoms with van der Waals surface area (Å²) in [5.41, 5.74) is -0.0180. The Hall–Kier alpha value is -2.05. The number of ether oxygens (including phenoxy) is 2. The Bertz CT molecular complexity index is 952. The van der Waals surface area contributed by atoms with Gasteiger partial charge in [0.2, 0.25) is 0 Å². The Kier molecular flexibility index (Phi) is 7.19. The molecule has 1 aliphatic rings. The minimum Gasteiger partial charge on any atom is -0.353 e. The van der Waals surface area contributed by atoms with E-state index in [0.29, 0.717) is 22.6 Å². The molecule has 1 unspecified atom stereocenters. The molecule has 1 aliphatic heterocycles. The van der Waals surface area contributed by atoms with Crippen LogP contribution in [0.3, 0.4) is 0 Å². The zero-order valence-electron chi connectivity index (χ0n) is 16.0. The van der Waals surface area contributed by atoms with Crippen LogP contribution in [0.2, 0.25) is 5.15 Å². The van der Waals surface area contributed by atoms with Gasteiger partial charge in [0.25, 0.3) is 5.91 Å². The fourth-order valence-electron chi connectivity index (χ4n) is 2.64. The van der Waals surface area contributed by atoms with Crippen molar-refractivity contribution in [1.29, 1.82) is 0 Å². The van der Waals surface area contributed by atoms with Crippen LogP contribution in [0, 0.1) is 11.8 Å². The lowest BCUT2D eigenvalue weighted by molar-refractivity contribution is -0.199. The summed E-state index contributed by atoms with van der Waals surface area (Å²) in [4.78, 5) is 24.6. The van der Waals surface area contributed by atoms with Gasteiger partial charge in [-0.15, -0.1) is 0 Å². The quantitative estimate of drug-likeness (QED) is 0.522. The van der Waals surface area contributed by atoms with Crippen molar-refractivity contribution in [2.24, 2.45) is 0 Å². The highest BCUT2D eigenvalue weighted by atomic mass is 79.9. The van der Waals surface area contributed by atoms with Crippen LogP contribution in [-0.2, 0) is 9.47 Å². The summed E-state index contributed by atoms with van der Waals surface area (Å²) in [6.07, 6.45) is 5.61. The maximum absolute atomic E-state index is 12.5. The highest BCUT2D eigenvalue weighted by Gasteiger charge is 2.24. The number of nitrogens with one attached hydrogen (secondary N) is 1. The first-order valence-corrected chi connectivity index (χ1v) is 10.3. The van der Waals surface area contributed by atoms with E-state index in [9.17, 15) is 4.79 Å². The van der Waals surface area contributed by atoms with Crippen molar-refractivity contribution >= 4 is 39.3 Å². The van der Waals surface area contributed by atoms with E-state index >= 15 is 0 Å². The van der Waals surface area contributed by atoms with Gasteiger partial charge >= 0.3 is 0 Å². The molecule has 7 nitrogen and oxygen atoms in total. The van der Waals surface area contributed by atoms with Gasteiger partial charge in [0.15, 0.2) is 6.29 Å². The molecule has 1 N–H and O–H groups in total. The number of aromatic nitrogens is 3. The van der Waals surface area contributed by atoms with Gasteiger partial charge in [-0.25, -0.2) is 15.0 Å². The standard InChI is InChI=1S/C20H20BrClN4O3/c1-20(2,29-17-5-3-4-8-28-17)7-6-14-10-16(25-12-24-14)26-19(27)15-9-13(21)11-23-18(15)22/h9-12,17H,3-5,8H2,1-2H3,(H,24,25,26,27). The van der Waals surface area contributed by atoms with E-state index < -0.39 is 11.5 Å². The van der Waals surface area contributed by atoms with Gasteiger partial charge in [-0.2, -0.15) is 0 Å². The number of halogens is 2. The van der Waals surface area contributed by atoms with Crippen molar-refractivity contribution in [3.8, 4) is 11.8 Å². The number of carbonyl (C=O) groups is 1. The van der Waals surface area contributed by atoms with Crippen LogP contribution in [0.15, 0.2) is 29.1 Å². The molecule has 1 saturated heterocycles. The molecule has 29 heavy (non-hydrogen) atoms. The van der Waals surface area contributed by atoms with Gasteiger partial charge < -0.3 is 14.8 Å². The zero-order chi connectivity index (χ0) is 20.9. The number of hydrogen-bond acceptors (Lipinski definition) is 6. The third-order valence-corrected chi connectivity index (χ3v) is 4.75. The van der Waals surface area contributed by atoms with Crippen molar-refractivity contribution in [1.82, 2.24) is 15.0 Å². The normalized spacial score (nSPS) is 16.6. The van der Waals surface area contributed by atoms with Gasteiger partial charge in [-0.1, -0.05) is 17.5 Å². The lowest BCUT2D eigenvalue weighted by Crippen LogP contribution is -2.33. The maximum Gasteiger partial charge on any atom is 0.259 e. The van der Waals surface area contributed by atoms with E-state index in [4.69, 9.17) is 21.1 Å². The highest BCUT2D eigenvalue weighted by Crippen LogP contribution is 2.21. The molecule has 152 valence electrons. The molecule has 3 rings (SSSR count). The smallest absolute Gasteiger partial charge is 0.259 e. The van der Waals surface area contributed by atoms with E-state index in [1.54, 1.807) is 12.1 Å². The van der Waals surface area contributed by atoms with Gasteiger partial charge in [-0.3, -0.25) is 4.79 Å². The van der Waals surface area contributed by atoms with Crippen LogP contribution in [-0.4, -0.2) is 39.4 Å². The Morgan fingerprint density at radius 2 is 2.17 bits per heavy atom. The van der Waals surface area contributed by atoms with E-state index in [1.807, 2.05) is 13.8 Å². The third kappa shape index (κ3) is 6.47. The first-order chi connectivity index (χ1) is 13.8. The molecule has 0 radical (unpaired) electrons. The Morgan fingerprint density at radius 1 is 1.34 bits per heavy atom. The zero-order valence-corrected chi connectivity index (χ0v) is 18.4. The SMILES string of the molecule is CC(C)(C#Cc1cc(NC(=O)c2cc(Br)cnc2Cl)ncn1)OC1CCCCO1. The van der Waals surface area contributed by atoms with Gasteiger partial charge in [-0.05, 0) is 61.0 Å². The van der Waals surface area contributed by atoms with E-state index in [-0.39, 0.29) is 17.0 Å². The molecule has 1 amide bonds. The Morgan fingerprint density at radius 3 is 2.93 bits per heavy atom. The van der Waals surface area contributed by atoms with E-state index in [0.717, 1.165) is 19.3 Å². The molecular weight excluding hydrogens is 460 g/mol. The summed E-state index contributed by atoms with van der Waals surface area (Å²) in [6.45, 7) is 4.47. The van der Waals surface area contributed by atoms with Crippen LogP contribution in [0.25, 0.3) is 0 Å². The first-order valence-electron chi connectivity index (χ1n) is 9.09. The lowest BCUT2D eigenvalue weighted by atomic mass is 10.1. The van der Waals surface area contributed by atoms with Gasteiger partial charge in [0, 0.05) is 23.3 Å². The van der Waals surface area contributed by atoms with Crippen molar-refractivity contribution < 1.29 is 14.3 Å². The first kappa shape index (κ1) is 21.7. The third-order valence-electron chi connectivity index (χ3n) is 4.01. The van der Waals surface area contributed by atoms with Gasteiger partial charge in [0.05, 0.1) is 5.56 Å². The van der Waals surface area contributed by atoms with E-state index in [2.05, 4.69) is 48.0 Å². The molecule has 2 aromatic rings. The van der Waals surface area contributed by atoms with Crippen LogP contribution in [0.5, 0.6) is 0 Å². The predicted octanol–water partition coefficient (Wildman–Crippen LogP) is 4.21. The van der Waals surface area contributed by atoms with Crippen molar-refractivity contribution in [3.05, 3.63) is 45.5 Å². The van der Waals surface area contributed by atoms with E-state index in [1.165, 1.54) is 12.5 Å². The Balaban J connectivity index is 1.69. The molecule has 0 aliphatic carbocycles. The van der Waals surface area contributed by atoms with Crippen LogP contribution < -0.4 is 5.32 Å². The molecule has 9 heteroatoms. The summed E-state index contributed by atoms with van der Waals surface area (Å²) in [7, 11) is 0. The minimum atomic E-state index is -0.703. The van der Waals surface area contributed by atoms with Crippen molar-refractivity contribution in [2.45, 2.75) is 45.0 Å². The van der Waals surface area contributed by atoms with Crippen LogP contribution in [0.4, 0.5) is 5.82 Å². The molecule has 1 fully saturated rings. The molecule has 0 spiro atoms. The number of anilines is 1. The number of carbonyl (C=O) groups excluding carboxylic acids is 1.